The van der Waals surface area contributed by atoms with Crippen LogP contribution in [0.25, 0.3) is 0 Å². The lowest BCUT2D eigenvalue weighted by Gasteiger charge is -1.97. The zero-order chi connectivity index (χ0) is 9.94. The molecule has 0 aromatic heterocycles. The number of Topliss-reactive ketones (excluding diaryl/α,β-unsaturated/α-hetero) is 1. The summed E-state index contributed by atoms with van der Waals surface area (Å²) in [6.45, 7) is 2.53. The Balaban J connectivity index is 3.23. The maximum absolute atomic E-state index is 11.2. The molecule has 0 rings (SSSR count). The van der Waals surface area contributed by atoms with Gasteiger partial charge in [0.05, 0.1) is 0 Å². The van der Waals surface area contributed by atoms with Crippen LogP contribution in [0, 0.1) is 11.8 Å². The summed E-state index contributed by atoms with van der Waals surface area (Å²) < 4.78 is 0. The Hall–Kier alpha value is -0.810. The molecule has 0 aliphatic heterocycles. The number of hydrogen-bond acceptors (Lipinski definition) is 2. The Morgan fingerprint density at radius 3 is 2.62 bits per heavy atom. The predicted octanol–water partition coefficient (Wildman–Crippen LogP) is 1.88. The highest BCUT2D eigenvalue weighted by Gasteiger charge is 1.99. The van der Waals surface area contributed by atoms with Gasteiger partial charge in [0.15, 0.2) is 0 Å². The van der Waals surface area contributed by atoms with Crippen molar-refractivity contribution in [3.05, 3.63) is 0 Å². The zero-order valence-corrected chi connectivity index (χ0v) is 8.44. The number of rotatable bonds is 7. The lowest BCUT2D eigenvalue weighted by Crippen LogP contribution is -2.00. The summed E-state index contributed by atoms with van der Waals surface area (Å²) >= 11 is 0. The fraction of sp³-hybridized carbons (Fsp3) is 0.727. The van der Waals surface area contributed by atoms with Gasteiger partial charge >= 0.3 is 0 Å². The van der Waals surface area contributed by atoms with Gasteiger partial charge in [0.2, 0.25) is 0 Å². The van der Waals surface area contributed by atoms with Crippen molar-refractivity contribution in [3.63, 3.8) is 0 Å². The van der Waals surface area contributed by atoms with Crippen molar-refractivity contribution in [2.24, 2.45) is 5.73 Å². The Labute approximate surface area is 80.9 Å². The molecule has 0 aromatic rings. The lowest BCUT2D eigenvalue weighted by atomic mass is 10.1. The van der Waals surface area contributed by atoms with Crippen LogP contribution in [0.5, 0.6) is 0 Å². The quantitative estimate of drug-likeness (QED) is 0.481. The normalized spacial score (nSPS) is 9.08. The standard InChI is InChI=1S/C11H19NO/c1-2-3-5-8-11(13)9-6-4-7-10-12/h4-10,12H2,1H3. The van der Waals surface area contributed by atoms with E-state index >= 15 is 0 Å². The van der Waals surface area contributed by atoms with Gasteiger partial charge in [0, 0.05) is 19.3 Å². The fourth-order valence-electron chi connectivity index (χ4n) is 1.10. The van der Waals surface area contributed by atoms with Gasteiger partial charge in [-0.3, -0.25) is 4.79 Å². The second-order valence-corrected chi connectivity index (χ2v) is 3.06. The summed E-state index contributed by atoms with van der Waals surface area (Å²) in [6.07, 6.45) is 5.11. The molecule has 0 atom stereocenters. The molecule has 0 heterocycles. The number of hydrogen-bond donors (Lipinski definition) is 1. The van der Waals surface area contributed by atoms with E-state index in [0.29, 0.717) is 25.0 Å². The summed E-state index contributed by atoms with van der Waals surface area (Å²) in [6, 6.07) is 0. The molecule has 2 N–H and O–H groups in total. The Morgan fingerprint density at radius 1 is 1.23 bits per heavy atom. The van der Waals surface area contributed by atoms with Crippen molar-refractivity contribution in [1.82, 2.24) is 0 Å². The number of carbonyl (C=O) groups is 1. The minimum atomic E-state index is 0.333. The smallest absolute Gasteiger partial charge is 0.133 e. The van der Waals surface area contributed by atoms with Crippen LogP contribution in [0.4, 0.5) is 0 Å². The molecule has 13 heavy (non-hydrogen) atoms. The third-order valence-electron chi connectivity index (χ3n) is 1.87. The minimum Gasteiger partial charge on any atom is -0.330 e. The highest BCUT2D eigenvalue weighted by Crippen LogP contribution is 2.02. The third kappa shape index (κ3) is 9.10. The largest absolute Gasteiger partial charge is 0.330 e. The molecule has 0 bridgehead atoms. The second kappa shape index (κ2) is 9.28. The van der Waals surface area contributed by atoms with E-state index in [9.17, 15) is 4.79 Å². The Kier molecular flexibility index (Phi) is 8.70. The van der Waals surface area contributed by atoms with E-state index in [1.165, 1.54) is 0 Å². The fourth-order valence-corrected chi connectivity index (χ4v) is 1.10. The summed E-state index contributed by atoms with van der Waals surface area (Å²) in [4.78, 5) is 11.2. The van der Waals surface area contributed by atoms with Gasteiger partial charge in [0.25, 0.3) is 0 Å². The van der Waals surface area contributed by atoms with Crippen LogP contribution in [-0.2, 0) is 4.79 Å². The lowest BCUT2D eigenvalue weighted by molar-refractivity contribution is -0.119. The van der Waals surface area contributed by atoms with Gasteiger partial charge in [-0.25, -0.2) is 0 Å². The topological polar surface area (TPSA) is 43.1 Å². The first-order valence-corrected chi connectivity index (χ1v) is 4.92. The van der Waals surface area contributed by atoms with Crippen molar-refractivity contribution in [3.8, 4) is 11.8 Å². The highest BCUT2D eigenvalue weighted by atomic mass is 16.1. The van der Waals surface area contributed by atoms with E-state index in [2.05, 4.69) is 11.8 Å². The molecule has 0 aliphatic carbocycles. The van der Waals surface area contributed by atoms with Crippen LogP contribution in [0.3, 0.4) is 0 Å². The van der Waals surface area contributed by atoms with Crippen molar-refractivity contribution < 1.29 is 4.79 Å². The summed E-state index contributed by atoms with van der Waals surface area (Å²) in [7, 11) is 0. The van der Waals surface area contributed by atoms with Crippen molar-refractivity contribution >= 4 is 5.78 Å². The third-order valence-corrected chi connectivity index (χ3v) is 1.87. The van der Waals surface area contributed by atoms with Gasteiger partial charge in [-0.1, -0.05) is 6.42 Å². The van der Waals surface area contributed by atoms with E-state index in [0.717, 1.165) is 25.8 Å². The molecule has 0 aliphatic rings. The average Bonchev–Trinajstić information content (AvgIpc) is 2.13. The van der Waals surface area contributed by atoms with E-state index in [-0.39, 0.29) is 0 Å². The molecule has 2 nitrogen and oxygen atoms in total. The minimum absolute atomic E-state index is 0.333. The van der Waals surface area contributed by atoms with Crippen LogP contribution in [0.2, 0.25) is 0 Å². The Bertz CT molecular complexity index is 188. The van der Waals surface area contributed by atoms with Gasteiger partial charge in [-0.15, -0.1) is 11.8 Å². The number of carbonyl (C=O) groups excluding carboxylic acids is 1. The van der Waals surface area contributed by atoms with Crippen LogP contribution in [0.1, 0.15) is 45.4 Å². The van der Waals surface area contributed by atoms with Crippen LogP contribution >= 0.6 is 0 Å². The molecule has 0 saturated carbocycles. The molecule has 0 spiro atoms. The first-order chi connectivity index (χ1) is 6.31. The van der Waals surface area contributed by atoms with Gasteiger partial charge in [-0.2, -0.15) is 0 Å². The first kappa shape index (κ1) is 12.2. The van der Waals surface area contributed by atoms with E-state index in [1.807, 2.05) is 0 Å². The molecule has 0 unspecified atom stereocenters. The van der Waals surface area contributed by atoms with Crippen molar-refractivity contribution in [1.29, 1.82) is 0 Å². The van der Waals surface area contributed by atoms with E-state index < -0.39 is 0 Å². The SMILES string of the molecule is CC#CCCC(=O)CCCCCN. The van der Waals surface area contributed by atoms with Gasteiger partial charge < -0.3 is 5.73 Å². The molecule has 2 heteroatoms. The highest BCUT2D eigenvalue weighted by molar-refractivity contribution is 5.78. The maximum Gasteiger partial charge on any atom is 0.133 e. The average molecular weight is 181 g/mol. The van der Waals surface area contributed by atoms with Crippen molar-refractivity contribution in [2.75, 3.05) is 6.54 Å². The summed E-state index contributed by atoms with van der Waals surface area (Å²) in [5, 5.41) is 0. The maximum atomic E-state index is 11.2. The first-order valence-electron chi connectivity index (χ1n) is 4.92. The number of nitrogens with two attached hydrogens (primary N) is 1. The monoisotopic (exact) mass is 181 g/mol. The zero-order valence-electron chi connectivity index (χ0n) is 8.44. The van der Waals surface area contributed by atoms with E-state index in [4.69, 9.17) is 5.73 Å². The molecule has 0 radical (unpaired) electrons. The van der Waals surface area contributed by atoms with Gasteiger partial charge in [0.1, 0.15) is 5.78 Å². The van der Waals surface area contributed by atoms with Crippen LogP contribution in [-0.4, -0.2) is 12.3 Å². The molecule has 0 saturated heterocycles. The Morgan fingerprint density at radius 2 is 2.00 bits per heavy atom. The molecule has 0 fully saturated rings. The van der Waals surface area contributed by atoms with Crippen LogP contribution < -0.4 is 5.73 Å². The summed E-state index contributed by atoms with van der Waals surface area (Å²) in [5.74, 6) is 6.00. The number of ketones is 1. The number of unbranched alkanes of at least 4 members (excludes halogenated alkanes) is 2. The molecule has 74 valence electrons. The molecular weight excluding hydrogens is 162 g/mol. The van der Waals surface area contributed by atoms with E-state index in [1.54, 1.807) is 6.92 Å². The predicted molar refractivity (Wildman–Crippen MR) is 55.2 cm³/mol. The summed E-state index contributed by atoms with van der Waals surface area (Å²) in [5.41, 5.74) is 5.34. The molecule has 0 aromatic carbocycles. The molecule has 0 amide bonds. The van der Waals surface area contributed by atoms with Gasteiger partial charge in [-0.05, 0) is 26.3 Å². The molecular formula is C11H19NO. The second-order valence-electron chi connectivity index (χ2n) is 3.06. The van der Waals surface area contributed by atoms with Crippen LogP contribution in [0.15, 0.2) is 0 Å². The van der Waals surface area contributed by atoms with Crippen molar-refractivity contribution in [2.45, 2.75) is 45.4 Å².